The number of hydrogen-bond donors (Lipinski definition) is 4. The monoisotopic (exact) mass is 509 g/mol. The molecule has 1 aromatic carbocycles. The van der Waals surface area contributed by atoms with Gasteiger partial charge in [-0.05, 0) is 68.6 Å². The first-order chi connectivity index (χ1) is 17.5. The van der Waals surface area contributed by atoms with Gasteiger partial charge in [-0.2, -0.15) is 5.10 Å². The molecule has 10 nitrogen and oxygen atoms in total. The fraction of sp³-hybridized carbons (Fsp3) is 0.400. The Labute approximate surface area is 214 Å². The number of carbonyl (C=O) groups excluding carboxylic acids is 2. The fourth-order valence-corrected chi connectivity index (χ4v) is 4.21. The first-order valence-electron chi connectivity index (χ1n) is 12.1. The highest BCUT2D eigenvalue weighted by Crippen LogP contribution is 2.31. The van der Waals surface area contributed by atoms with Crippen LogP contribution in [-0.4, -0.2) is 45.7 Å². The number of nitrogens with one attached hydrogen (secondary N) is 4. The molecule has 190 valence electrons. The molecule has 4 N–H and O–H groups in total. The molecule has 0 spiro atoms. The van der Waals surface area contributed by atoms with Crippen LogP contribution in [0.15, 0.2) is 46.5 Å². The summed E-state index contributed by atoms with van der Waals surface area (Å²) in [7, 11) is 1.41. The number of aromatic amines is 1. The molecule has 0 unspecified atom stereocenters. The highest BCUT2D eigenvalue weighted by molar-refractivity contribution is 7.99. The average Bonchev–Trinajstić information content (AvgIpc) is 3.64. The third-order valence-corrected chi connectivity index (χ3v) is 6.42. The summed E-state index contributed by atoms with van der Waals surface area (Å²) in [4.78, 5) is 33.5. The van der Waals surface area contributed by atoms with Gasteiger partial charge in [0, 0.05) is 41.6 Å². The highest BCUT2D eigenvalue weighted by Gasteiger charge is 2.29. The minimum absolute atomic E-state index is 0.0903. The molecule has 1 fully saturated rings. The zero-order chi connectivity index (χ0) is 25.3. The van der Waals surface area contributed by atoms with Gasteiger partial charge in [-0.1, -0.05) is 6.42 Å². The smallest absolute Gasteiger partial charge is 0.305 e. The highest BCUT2D eigenvalue weighted by atomic mass is 32.2. The predicted octanol–water partition coefficient (Wildman–Crippen LogP) is 4.90. The van der Waals surface area contributed by atoms with Gasteiger partial charge < -0.3 is 20.7 Å². The summed E-state index contributed by atoms with van der Waals surface area (Å²) in [5.74, 6) is 2.16. The van der Waals surface area contributed by atoms with Crippen LogP contribution in [0.1, 0.15) is 44.2 Å². The van der Waals surface area contributed by atoms with Crippen LogP contribution in [0.5, 0.6) is 0 Å². The summed E-state index contributed by atoms with van der Waals surface area (Å²) < 4.78 is 4.68. The molecule has 1 amide bonds. The Morgan fingerprint density at radius 3 is 2.56 bits per heavy atom. The Balaban J connectivity index is 1.39. The number of aromatic nitrogens is 4. The molecule has 0 bridgehead atoms. The number of rotatable bonds is 13. The van der Waals surface area contributed by atoms with E-state index in [9.17, 15) is 9.59 Å². The van der Waals surface area contributed by atoms with Crippen LogP contribution in [0.2, 0.25) is 0 Å². The number of ether oxygens (including phenoxy) is 1. The first kappa shape index (κ1) is 25.5. The maximum atomic E-state index is 12.0. The van der Waals surface area contributed by atoms with Crippen molar-refractivity contribution in [2.75, 3.05) is 29.6 Å². The summed E-state index contributed by atoms with van der Waals surface area (Å²) in [5.41, 5.74) is 1.66. The van der Waals surface area contributed by atoms with E-state index in [1.165, 1.54) is 18.9 Å². The lowest BCUT2D eigenvalue weighted by Gasteiger charge is -2.11. The van der Waals surface area contributed by atoms with Crippen molar-refractivity contribution in [3.05, 3.63) is 42.1 Å². The molecule has 1 aliphatic rings. The van der Waals surface area contributed by atoms with Crippen LogP contribution in [0.4, 0.5) is 23.1 Å². The number of carbonyl (C=O) groups is 2. The minimum Gasteiger partial charge on any atom is -0.469 e. The third-order valence-electron chi connectivity index (χ3n) is 5.54. The molecular weight excluding hydrogens is 478 g/mol. The van der Waals surface area contributed by atoms with Gasteiger partial charge >= 0.3 is 5.97 Å². The predicted molar refractivity (Wildman–Crippen MR) is 140 cm³/mol. The second kappa shape index (κ2) is 12.4. The second-order valence-corrected chi connectivity index (χ2v) is 9.71. The molecule has 0 aliphatic heterocycles. The Kier molecular flexibility index (Phi) is 8.77. The van der Waals surface area contributed by atoms with Crippen molar-refractivity contribution < 1.29 is 14.3 Å². The largest absolute Gasteiger partial charge is 0.469 e. The van der Waals surface area contributed by atoms with E-state index in [-0.39, 0.29) is 17.8 Å². The minimum atomic E-state index is -0.177. The number of esters is 1. The van der Waals surface area contributed by atoms with Crippen LogP contribution in [0.25, 0.3) is 0 Å². The number of benzene rings is 1. The van der Waals surface area contributed by atoms with Gasteiger partial charge in [-0.15, -0.1) is 0 Å². The van der Waals surface area contributed by atoms with E-state index < -0.39 is 0 Å². The molecule has 36 heavy (non-hydrogen) atoms. The molecule has 2 aromatic heterocycles. The van der Waals surface area contributed by atoms with E-state index >= 15 is 0 Å². The molecule has 0 radical (unpaired) electrons. The van der Waals surface area contributed by atoms with Crippen LogP contribution in [0, 0.1) is 12.8 Å². The van der Waals surface area contributed by atoms with Gasteiger partial charge in [-0.25, -0.2) is 9.97 Å². The van der Waals surface area contributed by atoms with E-state index in [0.717, 1.165) is 60.7 Å². The van der Waals surface area contributed by atoms with Gasteiger partial charge in [0.15, 0.2) is 5.16 Å². The summed E-state index contributed by atoms with van der Waals surface area (Å²) in [5, 5.41) is 17.2. The standard InChI is InChI=1S/C25H31N7O3S/c1-16-14-22(32-31-16)28-21-15-20(26-13-5-3-4-6-23(33)35-2)29-25(30-21)36-19-11-9-18(10-12-19)27-24(34)17-7-8-17/h9-12,14-15,17H,3-8,13H2,1-2H3,(H,27,34)(H3,26,28,29,30,31,32). The van der Waals surface area contributed by atoms with Gasteiger partial charge in [0.2, 0.25) is 5.91 Å². The van der Waals surface area contributed by atoms with Crippen molar-refractivity contribution in [3.63, 3.8) is 0 Å². The topological polar surface area (TPSA) is 134 Å². The number of anilines is 4. The normalized spacial score (nSPS) is 12.7. The molecule has 4 rings (SSSR count). The van der Waals surface area contributed by atoms with E-state index in [1.807, 2.05) is 43.3 Å². The molecule has 2 heterocycles. The van der Waals surface area contributed by atoms with Gasteiger partial charge in [0.05, 0.1) is 12.8 Å². The lowest BCUT2D eigenvalue weighted by Crippen LogP contribution is -2.12. The van der Waals surface area contributed by atoms with Crippen molar-refractivity contribution >= 4 is 46.8 Å². The van der Waals surface area contributed by atoms with Crippen LogP contribution in [0.3, 0.4) is 0 Å². The lowest BCUT2D eigenvalue weighted by molar-refractivity contribution is -0.140. The number of methoxy groups -OCH3 is 1. The summed E-state index contributed by atoms with van der Waals surface area (Å²) in [6.07, 6.45) is 5.00. The zero-order valence-corrected chi connectivity index (χ0v) is 21.3. The SMILES string of the molecule is COC(=O)CCCCCNc1cc(Nc2cc(C)n[nH]2)nc(Sc2ccc(NC(=O)C3CC3)cc2)n1. The number of hydrogen-bond acceptors (Lipinski definition) is 9. The van der Waals surface area contributed by atoms with Gasteiger partial charge in [0.1, 0.15) is 17.5 Å². The Morgan fingerprint density at radius 2 is 1.86 bits per heavy atom. The Bertz CT molecular complexity index is 1180. The van der Waals surface area contributed by atoms with E-state index in [2.05, 4.69) is 40.9 Å². The quantitative estimate of drug-likeness (QED) is 0.144. The summed E-state index contributed by atoms with van der Waals surface area (Å²) >= 11 is 1.44. The van der Waals surface area contributed by atoms with Crippen molar-refractivity contribution in [2.24, 2.45) is 5.92 Å². The zero-order valence-electron chi connectivity index (χ0n) is 20.5. The maximum Gasteiger partial charge on any atom is 0.305 e. The maximum absolute atomic E-state index is 12.0. The van der Waals surface area contributed by atoms with Crippen LogP contribution in [-0.2, 0) is 14.3 Å². The Hall–Kier alpha value is -3.60. The number of aryl methyl sites for hydroxylation is 1. The van der Waals surface area contributed by atoms with Gasteiger partial charge in [0.25, 0.3) is 0 Å². The number of H-pyrrole nitrogens is 1. The molecule has 0 saturated heterocycles. The van der Waals surface area contributed by atoms with Gasteiger partial charge in [-0.3, -0.25) is 14.7 Å². The Morgan fingerprint density at radius 1 is 1.08 bits per heavy atom. The lowest BCUT2D eigenvalue weighted by atomic mass is 10.2. The second-order valence-electron chi connectivity index (χ2n) is 8.67. The van der Waals surface area contributed by atoms with Crippen molar-refractivity contribution in [2.45, 2.75) is 55.5 Å². The van der Waals surface area contributed by atoms with Crippen LogP contribution >= 0.6 is 11.8 Å². The third kappa shape index (κ3) is 7.98. The molecule has 1 saturated carbocycles. The van der Waals surface area contributed by atoms with E-state index in [1.54, 1.807) is 0 Å². The number of unbranched alkanes of at least 4 members (excludes halogenated alkanes) is 2. The summed E-state index contributed by atoms with van der Waals surface area (Å²) in [6.45, 7) is 2.63. The molecule has 1 aliphatic carbocycles. The number of nitrogens with zero attached hydrogens (tertiary/aromatic N) is 3. The van der Waals surface area contributed by atoms with Crippen molar-refractivity contribution in [1.29, 1.82) is 0 Å². The molecule has 0 atom stereocenters. The van der Waals surface area contributed by atoms with Crippen LogP contribution < -0.4 is 16.0 Å². The number of amides is 1. The van der Waals surface area contributed by atoms with E-state index in [4.69, 9.17) is 0 Å². The van der Waals surface area contributed by atoms with Crippen molar-refractivity contribution in [3.8, 4) is 0 Å². The average molecular weight is 510 g/mol. The van der Waals surface area contributed by atoms with Crippen molar-refractivity contribution in [1.82, 2.24) is 20.2 Å². The first-order valence-corrected chi connectivity index (χ1v) is 12.9. The fourth-order valence-electron chi connectivity index (χ4n) is 3.44. The van der Waals surface area contributed by atoms with E-state index in [0.29, 0.717) is 23.2 Å². The molecular formula is C25H31N7O3S. The molecule has 11 heteroatoms. The molecule has 3 aromatic rings. The summed E-state index contributed by atoms with van der Waals surface area (Å²) in [6, 6.07) is 11.4.